The summed E-state index contributed by atoms with van der Waals surface area (Å²) >= 11 is 0. The van der Waals surface area contributed by atoms with Crippen LogP contribution in [0.15, 0.2) is 16.5 Å². The van der Waals surface area contributed by atoms with Gasteiger partial charge in [0.1, 0.15) is 18.2 Å². The monoisotopic (exact) mass is 128 g/mol. The minimum absolute atomic E-state index is 0.423. The van der Waals surface area contributed by atoms with Crippen LogP contribution in [-0.2, 0) is 13.1 Å². The van der Waals surface area contributed by atoms with Crippen molar-refractivity contribution in [3.8, 4) is 0 Å². The van der Waals surface area contributed by atoms with Gasteiger partial charge in [-0.15, -0.1) is 0 Å². The van der Waals surface area contributed by atoms with E-state index in [-0.39, 0.29) is 0 Å². The van der Waals surface area contributed by atoms with Crippen molar-refractivity contribution >= 4 is 0 Å². The summed E-state index contributed by atoms with van der Waals surface area (Å²) in [5.41, 5.74) is 0. The maximum Gasteiger partial charge on any atom is 0.147 e. The van der Waals surface area contributed by atoms with Crippen molar-refractivity contribution in [3.05, 3.63) is 23.7 Å². The Hall–Kier alpha value is -0.790. The minimum Gasteiger partial charge on any atom is -0.463 e. The Labute approximate surface area is 53.5 Å². The van der Waals surface area contributed by atoms with Crippen LogP contribution in [0.3, 0.4) is 0 Å². The van der Waals surface area contributed by atoms with Gasteiger partial charge in [-0.05, 0) is 12.1 Å². The second-order valence-corrected chi connectivity index (χ2v) is 1.86. The predicted molar refractivity (Wildman–Crippen MR) is 32.9 cm³/mol. The Bertz CT molecular complexity index is 162. The second-order valence-electron chi connectivity index (χ2n) is 1.86. The van der Waals surface area contributed by atoms with Crippen molar-refractivity contribution < 1.29 is 8.81 Å². The van der Waals surface area contributed by atoms with Gasteiger partial charge in [-0.25, -0.2) is 4.39 Å². The minimum atomic E-state index is -0.500. The molecule has 1 heterocycles. The average Bonchev–Trinajstić information content (AvgIpc) is 2.34. The zero-order valence-electron chi connectivity index (χ0n) is 5.36. The number of halogens is 1. The average molecular weight is 128 g/mol. The third-order valence-corrected chi connectivity index (χ3v) is 1.20. The summed E-state index contributed by atoms with van der Waals surface area (Å²) < 4.78 is 16.8. The highest BCUT2D eigenvalue weighted by molar-refractivity contribution is 5.05. The van der Waals surface area contributed by atoms with E-state index in [0.29, 0.717) is 5.76 Å². The molecule has 0 saturated heterocycles. The summed E-state index contributed by atoms with van der Waals surface area (Å²) in [7, 11) is 0. The first-order chi connectivity index (χ1) is 4.36. The highest BCUT2D eigenvalue weighted by atomic mass is 19.1. The molecular formula is C7H9FO. The van der Waals surface area contributed by atoms with Crippen LogP contribution in [0.2, 0.25) is 0 Å². The first kappa shape index (κ1) is 6.33. The molecule has 1 aromatic heterocycles. The van der Waals surface area contributed by atoms with Crippen molar-refractivity contribution in [2.45, 2.75) is 20.0 Å². The van der Waals surface area contributed by atoms with Crippen LogP contribution in [0.5, 0.6) is 0 Å². The number of hydrogen-bond acceptors (Lipinski definition) is 1. The topological polar surface area (TPSA) is 13.1 Å². The fraction of sp³-hybridized carbons (Fsp3) is 0.429. The molecule has 2 heteroatoms. The molecule has 1 nitrogen and oxygen atoms in total. The van der Waals surface area contributed by atoms with E-state index < -0.39 is 6.67 Å². The molecule has 0 fully saturated rings. The first-order valence-electron chi connectivity index (χ1n) is 3.00. The standard InChI is InChI=1S/C7H9FO/c1-2-6-3-4-7(5-8)9-6/h3-4H,2,5H2,1H3. The van der Waals surface area contributed by atoms with E-state index in [0.717, 1.165) is 12.2 Å². The molecule has 0 bridgehead atoms. The molecule has 0 radical (unpaired) electrons. The van der Waals surface area contributed by atoms with Crippen LogP contribution >= 0.6 is 0 Å². The molecule has 0 aliphatic rings. The van der Waals surface area contributed by atoms with Crippen LogP contribution in [0, 0.1) is 0 Å². The third kappa shape index (κ3) is 1.31. The Balaban J connectivity index is 2.74. The smallest absolute Gasteiger partial charge is 0.147 e. The summed E-state index contributed by atoms with van der Waals surface area (Å²) in [4.78, 5) is 0. The zero-order valence-corrected chi connectivity index (χ0v) is 5.36. The molecule has 0 N–H and O–H groups in total. The molecule has 0 spiro atoms. The van der Waals surface area contributed by atoms with Gasteiger partial charge in [-0.2, -0.15) is 0 Å². The fourth-order valence-electron chi connectivity index (χ4n) is 0.684. The van der Waals surface area contributed by atoms with Gasteiger partial charge in [0.25, 0.3) is 0 Å². The molecule has 0 amide bonds. The molecule has 0 aromatic carbocycles. The Morgan fingerprint density at radius 3 is 2.44 bits per heavy atom. The van der Waals surface area contributed by atoms with Gasteiger partial charge in [0.2, 0.25) is 0 Å². The van der Waals surface area contributed by atoms with Crippen LogP contribution in [-0.4, -0.2) is 0 Å². The fourth-order valence-corrected chi connectivity index (χ4v) is 0.684. The summed E-state index contributed by atoms with van der Waals surface area (Å²) in [5, 5.41) is 0. The van der Waals surface area contributed by atoms with Crippen molar-refractivity contribution in [1.82, 2.24) is 0 Å². The van der Waals surface area contributed by atoms with Crippen LogP contribution in [0.25, 0.3) is 0 Å². The number of alkyl halides is 1. The quantitative estimate of drug-likeness (QED) is 0.595. The SMILES string of the molecule is CCc1ccc(CF)o1. The lowest BCUT2D eigenvalue weighted by molar-refractivity contribution is 0.379. The number of hydrogen-bond donors (Lipinski definition) is 0. The molecular weight excluding hydrogens is 119 g/mol. The summed E-state index contributed by atoms with van der Waals surface area (Å²) in [6, 6.07) is 3.47. The van der Waals surface area contributed by atoms with Gasteiger partial charge in [0.05, 0.1) is 0 Å². The van der Waals surface area contributed by atoms with Gasteiger partial charge in [-0.1, -0.05) is 6.92 Å². The first-order valence-corrected chi connectivity index (χ1v) is 3.00. The van der Waals surface area contributed by atoms with Crippen molar-refractivity contribution in [1.29, 1.82) is 0 Å². The van der Waals surface area contributed by atoms with E-state index in [9.17, 15) is 4.39 Å². The highest BCUT2D eigenvalue weighted by Crippen LogP contribution is 2.08. The van der Waals surface area contributed by atoms with Crippen LogP contribution < -0.4 is 0 Å². The van der Waals surface area contributed by atoms with E-state index in [1.165, 1.54) is 0 Å². The molecule has 0 unspecified atom stereocenters. The molecule has 0 aliphatic heterocycles. The number of furan rings is 1. The molecule has 0 saturated carbocycles. The second kappa shape index (κ2) is 2.67. The molecule has 50 valence electrons. The van der Waals surface area contributed by atoms with Gasteiger partial charge < -0.3 is 4.42 Å². The normalized spacial score (nSPS) is 10.0. The van der Waals surface area contributed by atoms with Gasteiger partial charge >= 0.3 is 0 Å². The van der Waals surface area contributed by atoms with E-state index in [1.54, 1.807) is 12.1 Å². The molecule has 0 atom stereocenters. The van der Waals surface area contributed by atoms with E-state index in [2.05, 4.69) is 0 Å². The van der Waals surface area contributed by atoms with E-state index in [1.807, 2.05) is 6.92 Å². The Morgan fingerprint density at radius 2 is 2.11 bits per heavy atom. The molecule has 0 aliphatic carbocycles. The third-order valence-electron chi connectivity index (χ3n) is 1.20. The Kier molecular flexibility index (Phi) is 1.88. The highest BCUT2D eigenvalue weighted by Gasteiger charge is 1.96. The predicted octanol–water partition coefficient (Wildman–Crippen LogP) is 2.31. The lowest BCUT2D eigenvalue weighted by atomic mass is 10.4. The van der Waals surface area contributed by atoms with Gasteiger partial charge in [0.15, 0.2) is 0 Å². The zero-order chi connectivity index (χ0) is 6.69. The number of rotatable bonds is 2. The van der Waals surface area contributed by atoms with Crippen LogP contribution in [0.4, 0.5) is 4.39 Å². The van der Waals surface area contributed by atoms with Crippen LogP contribution in [0.1, 0.15) is 18.4 Å². The maximum absolute atomic E-state index is 11.8. The summed E-state index contributed by atoms with van der Waals surface area (Å²) in [6.07, 6.45) is 0.833. The summed E-state index contributed by atoms with van der Waals surface area (Å²) in [5.74, 6) is 1.27. The summed E-state index contributed by atoms with van der Waals surface area (Å²) in [6.45, 7) is 1.47. The number of aryl methyl sites for hydroxylation is 1. The van der Waals surface area contributed by atoms with Gasteiger partial charge in [-0.3, -0.25) is 0 Å². The van der Waals surface area contributed by atoms with Gasteiger partial charge in [0, 0.05) is 6.42 Å². The maximum atomic E-state index is 11.8. The molecule has 1 aromatic rings. The molecule has 9 heavy (non-hydrogen) atoms. The Morgan fingerprint density at radius 1 is 1.44 bits per heavy atom. The lowest BCUT2D eigenvalue weighted by Gasteiger charge is -1.85. The van der Waals surface area contributed by atoms with E-state index >= 15 is 0 Å². The van der Waals surface area contributed by atoms with Crippen molar-refractivity contribution in [3.63, 3.8) is 0 Å². The van der Waals surface area contributed by atoms with Crippen molar-refractivity contribution in [2.24, 2.45) is 0 Å². The molecule has 1 rings (SSSR count). The lowest BCUT2D eigenvalue weighted by Crippen LogP contribution is -1.70. The van der Waals surface area contributed by atoms with E-state index in [4.69, 9.17) is 4.42 Å². The largest absolute Gasteiger partial charge is 0.463 e. The van der Waals surface area contributed by atoms with Crippen molar-refractivity contribution in [2.75, 3.05) is 0 Å².